The van der Waals surface area contributed by atoms with Crippen molar-refractivity contribution >= 4 is 27.8 Å². The van der Waals surface area contributed by atoms with Crippen LogP contribution in [0.2, 0.25) is 0 Å². The summed E-state index contributed by atoms with van der Waals surface area (Å²) in [5.41, 5.74) is 0.361. The number of carboxylic acid groups (broad SMARTS) is 1. The van der Waals surface area contributed by atoms with Crippen LogP contribution in [0.3, 0.4) is 0 Å². The molecule has 1 amide bonds. The lowest BCUT2D eigenvalue weighted by molar-refractivity contribution is 0.0696. The first kappa shape index (κ1) is 14.7. The van der Waals surface area contributed by atoms with Crippen molar-refractivity contribution in [3.05, 3.63) is 33.8 Å². The summed E-state index contributed by atoms with van der Waals surface area (Å²) in [6.45, 7) is 2.19. The molecular formula is C12H14BrNO4. The van der Waals surface area contributed by atoms with Gasteiger partial charge in [-0.25, -0.2) is 4.79 Å². The molecule has 0 saturated carbocycles. The lowest BCUT2D eigenvalue weighted by Crippen LogP contribution is -2.31. The Morgan fingerprint density at radius 3 is 2.56 bits per heavy atom. The summed E-state index contributed by atoms with van der Waals surface area (Å²) in [5, 5.41) is 11.6. The van der Waals surface area contributed by atoms with Crippen LogP contribution in [0.25, 0.3) is 0 Å². The van der Waals surface area contributed by atoms with E-state index in [4.69, 9.17) is 9.84 Å². The lowest BCUT2D eigenvalue weighted by Gasteiger charge is -2.11. The minimum Gasteiger partial charge on any atom is -0.478 e. The van der Waals surface area contributed by atoms with Crippen molar-refractivity contribution in [2.75, 3.05) is 13.7 Å². The topological polar surface area (TPSA) is 75.6 Å². The standard InChI is InChI=1S/C12H14BrNO4/c1-7(18-2)6-14-11(15)8-3-9(12(16)17)5-10(13)4-8/h3-5,7H,6H2,1-2H3,(H,14,15)(H,16,17). The van der Waals surface area contributed by atoms with E-state index < -0.39 is 5.97 Å². The second kappa shape index (κ2) is 6.51. The minimum absolute atomic E-state index is 0.0642. The molecule has 0 saturated heterocycles. The van der Waals surface area contributed by atoms with E-state index in [0.717, 1.165) is 0 Å². The van der Waals surface area contributed by atoms with Crippen molar-refractivity contribution in [2.45, 2.75) is 13.0 Å². The predicted octanol–water partition coefficient (Wildman–Crippen LogP) is 1.91. The summed E-state index contributed by atoms with van der Waals surface area (Å²) in [7, 11) is 1.55. The molecule has 1 aromatic rings. The number of ether oxygens (including phenoxy) is 1. The van der Waals surface area contributed by atoms with Crippen LogP contribution >= 0.6 is 15.9 Å². The van der Waals surface area contributed by atoms with Crippen LogP contribution < -0.4 is 5.32 Å². The molecule has 1 unspecified atom stereocenters. The van der Waals surface area contributed by atoms with Crippen LogP contribution in [0, 0.1) is 0 Å². The van der Waals surface area contributed by atoms with Gasteiger partial charge >= 0.3 is 5.97 Å². The summed E-state index contributed by atoms with van der Waals surface area (Å²) in [6, 6.07) is 4.34. The maximum Gasteiger partial charge on any atom is 0.335 e. The quantitative estimate of drug-likeness (QED) is 0.870. The number of nitrogens with one attached hydrogen (secondary N) is 1. The van der Waals surface area contributed by atoms with E-state index in [0.29, 0.717) is 16.6 Å². The molecule has 1 atom stereocenters. The fourth-order valence-electron chi connectivity index (χ4n) is 1.27. The first-order valence-corrected chi connectivity index (χ1v) is 6.08. The van der Waals surface area contributed by atoms with Crippen molar-refractivity contribution in [1.29, 1.82) is 0 Å². The van der Waals surface area contributed by atoms with Gasteiger partial charge in [-0.15, -0.1) is 0 Å². The van der Waals surface area contributed by atoms with E-state index in [1.807, 2.05) is 6.92 Å². The molecule has 0 fully saturated rings. The fourth-order valence-corrected chi connectivity index (χ4v) is 1.76. The molecule has 5 nitrogen and oxygen atoms in total. The Balaban J connectivity index is 2.82. The molecule has 98 valence electrons. The molecule has 0 heterocycles. The highest BCUT2D eigenvalue weighted by atomic mass is 79.9. The van der Waals surface area contributed by atoms with Gasteiger partial charge in [0.15, 0.2) is 0 Å². The number of aromatic carboxylic acids is 1. The molecule has 1 aromatic carbocycles. The first-order valence-electron chi connectivity index (χ1n) is 5.29. The number of benzene rings is 1. The molecule has 18 heavy (non-hydrogen) atoms. The van der Waals surface area contributed by atoms with Gasteiger partial charge in [-0.3, -0.25) is 4.79 Å². The van der Waals surface area contributed by atoms with Gasteiger partial charge < -0.3 is 15.2 Å². The Bertz CT molecular complexity index is 461. The van der Waals surface area contributed by atoms with E-state index in [9.17, 15) is 9.59 Å². The SMILES string of the molecule is COC(C)CNC(=O)c1cc(Br)cc(C(=O)O)c1. The van der Waals surface area contributed by atoms with Gasteiger partial charge in [0.1, 0.15) is 0 Å². The second-order valence-corrected chi connectivity index (χ2v) is 4.71. The third-order valence-corrected chi connectivity index (χ3v) is 2.82. The molecule has 0 radical (unpaired) electrons. The van der Waals surface area contributed by atoms with Crippen molar-refractivity contribution in [3.8, 4) is 0 Å². The zero-order valence-corrected chi connectivity index (χ0v) is 11.7. The number of rotatable bonds is 5. The maximum absolute atomic E-state index is 11.8. The van der Waals surface area contributed by atoms with Crippen LogP contribution in [0.15, 0.2) is 22.7 Å². The van der Waals surface area contributed by atoms with Crippen molar-refractivity contribution in [1.82, 2.24) is 5.32 Å². The molecule has 0 aromatic heterocycles. The van der Waals surface area contributed by atoms with Crippen LogP contribution in [0.1, 0.15) is 27.6 Å². The van der Waals surface area contributed by atoms with Crippen molar-refractivity contribution in [3.63, 3.8) is 0 Å². The molecule has 0 aliphatic carbocycles. The molecule has 0 bridgehead atoms. The lowest BCUT2D eigenvalue weighted by atomic mass is 10.1. The third kappa shape index (κ3) is 4.12. The predicted molar refractivity (Wildman–Crippen MR) is 69.9 cm³/mol. The highest BCUT2D eigenvalue weighted by Crippen LogP contribution is 2.16. The largest absolute Gasteiger partial charge is 0.478 e. The molecule has 0 aliphatic heterocycles. The van der Waals surface area contributed by atoms with Crippen molar-refractivity contribution < 1.29 is 19.4 Å². The van der Waals surface area contributed by atoms with Crippen LogP contribution in [0.4, 0.5) is 0 Å². The molecule has 1 rings (SSSR count). The zero-order valence-electron chi connectivity index (χ0n) is 10.1. The highest BCUT2D eigenvalue weighted by Gasteiger charge is 2.12. The van der Waals surface area contributed by atoms with Crippen LogP contribution in [-0.2, 0) is 4.74 Å². The number of halogens is 1. The van der Waals surface area contributed by atoms with E-state index in [1.54, 1.807) is 13.2 Å². The summed E-state index contributed by atoms with van der Waals surface area (Å²) < 4.78 is 5.55. The number of carbonyl (C=O) groups is 2. The number of hydrogen-bond acceptors (Lipinski definition) is 3. The summed E-state index contributed by atoms with van der Waals surface area (Å²) >= 11 is 3.18. The third-order valence-electron chi connectivity index (χ3n) is 2.36. The molecule has 0 spiro atoms. The average molecular weight is 316 g/mol. The Kier molecular flexibility index (Phi) is 5.30. The number of carbonyl (C=O) groups excluding carboxylic acids is 1. The van der Waals surface area contributed by atoms with Crippen molar-refractivity contribution in [2.24, 2.45) is 0 Å². The van der Waals surface area contributed by atoms with E-state index in [-0.39, 0.29) is 17.6 Å². The molecule has 2 N–H and O–H groups in total. The van der Waals surface area contributed by atoms with E-state index in [2.05, 4.69) is 21.2 Å². The average Bonchev–Trinajstić information content (AvgIpc) is 2.34. The normalized spacial score (nSPS) is 11.9. The molecular weight excluding hydrogens is 302 g/mol. The van der Waals surface area contributed by atoms with Crippen LogP contribution in [-0.4, -0.2) is 36.7 Å². The summed E-state index contributed by atoms with van der Waals surface area (Å²) in [5.74, 6) is -1.40. The number of carboxylic acids is 1. The smallest absolute Gasteiger partial charge is 0.335 e. The van der Waals surface area contributed by atoms with Crippen LogP contribution in [0.5, 0.6) is 0 Å². The van der Waals surface area contributed by atoms with Gasteiger partial charge in [0.2, 0.25) is 0 Å². The maximum atomic E-state index is 11.8. The second-order valence-electron chi connectivity index (χ2n) is 3.79. The minimum atomic E-state index is -1.07. The Morgan fingerprint density at radius 2 is 2.00 bits per heavy atom. The Hall–Kier alpha value is -1.40. The van der Waals surface area contributed by atoms with Gasteiger partial charge in [-0.05, 0) is 25.1 Å². The monoisotopic (exact) mass is 315 g/mol. The van der Waals surface area contributed by atoms with Gasteiger partial charge in [0.05, 0.1) is 11.7 Å². The number of amides is 1. The summed E-state index contributed by atoms with van der Waals surface area (Å²) in [6.07, 6.45) is -0.0972. The number of hydrogen-bond donors (Lipinski definition) is 2. The number of methoxy groups -OCH3 is 1. The van der Waals surface area contributed by atoms with Gasteiger partial charge in [-0.1, -0.05) is 15.9 Å². The fraction of sp³-hybridized carbons (Fsp3) is 0.333. The van der Waals surface area contributed by atoms with Gasteiger partial charge in [-0.2, -0.15) is 0 Å². The van der Waals surface area contributed by atoms with Gasteiger partial charge in [0.25, 0.3) is 5.91 Å². The van der Waals surface area contributed by atoms with E-state index in [1.165, 1.54) is 12.1 Å². The molecule has 0 aliphatic rings. The molecule has 6 heteroatoms. The first-order chi connectivity index (χ1) is 8.43. The Morgan fingerprint density at radius 1 is 1.39 bits per heavy atom. The Labute approximate surface area is 113 Å². The zero-order chi connectivity index (χ0) is 13.7. The summed E-state index contributed by atoms with van der Waals surface area (Å²) in [4.78, 5) is 22.7. The van der Waals surface area contributed by atoms with Gasteiger partial charge in [0, 0.05) is 23.7 Å². The van der Waals surface area contributed by atoms with E-state index >= 15 is 0 Å². The highest BCUT2D eigenvalue weighted by molar-refractivity contribution is 9.10.